The molecular formula is C7H6ClF3N2O. The largest absolute Gasteiger partial charge is 0.573 e. The lowest BCUT2D eigenvalue weighted by atomic mass is 10.3. The molecule has 0 amide bonds. The van der Waals surface area contributed by atoms with Gasteiger partial charge < -0.3 is 10.5 Å². The number of nitrogens with zero attached hydrogens (tertiary/aromatic N) is 1. The minimum absolute atomic E-state index is 0.000883. The first-order chi connectivity index (χ1) is 6.42. The molecule has 0 aromatic carbocycles. The van der Waals surface area contributed by atoms with Gasteiger partial charge in [-0.2, -0.15) is 0 Å². The number of pyridine rings is 1. The molecule has 1 rings (SSSR count). The van der Waals surface area contributed by atoms with Crippen molar-refractivity contribution in [2.45, 2.75) is 12.9 Å². The van der Waals surface area contributed by atoms with Crippen LogP contribution in [0.4, 0.5) is 13.2 Å². The van der Waals surface area contributed by atoms with Crippen LogP contribution < -0.4 is 10.5 Å². The van der Waals surface area contributed by atoms with Crippen molar-refractivity contribution in [3.05, 3.63) is 23.0 Å². The number of aromatic nitrogens is 1. The normalized spacial score (nSPS) is 11.5. The average molecular weight is 227 g/mol. The summed E-state index contributed by atoms with van der Waals surface area (Å²) in [5, 5.41) is 0.0713. The first-order valence-corrected chi connectivity index (χ1v) is 3.90. The third-order valence-electron chi connectivity index (χ3n) is 1.34. The molecular weight excluding hydrogens is 221 g/mol. The highest BCUT2D eigenvalue weighted by Gasteiger charge is 2.31. The molecule has 0 radical (unpaired) electrons. The quantitative estimate of drug-likeness (QED) is 0.786. The van der Waals surface area contributed by atoms with E-state index in [1.165, 1.54) is 0 Å². The summed E-state index contributed by atoms with van der Waals surface area (Å²) in [6.45, 7) is 0.000883. The molecule has 1 heterocycles. The summed E-state index contributed by atoms with van der Waals surface area (Å²) in [7, 11) is 0. The van der Waals surface area contributed by atoms with Crippen molar-refractivity contribution in [3.63, 3.8) is 0 Å². The van der Waals surface area contributed by atoms with Crippen LogP contribution in [0.25, 0.3) is 0 Å². The van der Waals surface area contributed by atoms with Crippen molar-refractivity contribution in [1.29, 1.82) is 0 Å². The lowest BCUT2D eigenvalue weighted by Crippen LogP contribution is -2.17. The summed E-state index contributed by atoms with van der Waals surface area (Å²) in [6.07, 6.45) is -3.85. The van der Waals surface area contributed by atoms with Gasteiger partial charge in [-0.05, 0) is 6.07 Å². The number of hydrogen-bond acceptors (Lipinski definition) is 3. The molecule has 0 saturated carbocycles. The molecule has 0 unspecified atom stereocenters. The van der Waals surface area contributed by atoms with Crippen LogP contribution in [-0.2, 0) is 6.54 Å². The topological polar surface area (TPSA) is 48.1 Å². The van der Waals surface area contributed by atoms with E-state index in [1.54, 1.807) is 0 Å². The van der Waals surface area contributed by atoms with Gasteiger partial charge in [0.05, 0.1) is 6.20 Å². The van der Waals surface area contributed by atoms with Gasteiger partial charge in [0.15, 0.2) is 0 Å². The summed E-state index contributed by atoms with van der Waals surface area (Å²) >= 11 is 5.54. The Bertz CT molecular complexity index is 329. The average Bonchev–Trinajstić information content (AvgIpc) is 2.06. The molecule has 0 spiro atoms. The number of halogens is 4. The lowest BCUT2D eigenvalue weighted by Gasteiger charge is -2.09. The van der Waals surface area contributed by atoms with Crippen molar-refractivity contribution >= 4 is 11.6 Å². The van der Waals surface area contributed by atoms with Gasteiger partial charge >= 0.3 is 6.36 Å². The zero-order valence-electron chi connectivity index (χ0n) is 6.81. The molecule has 14 heavy (non-hydrogen) atoms. The third kappa shape index (κ3) is 3.04. The number of ether oxygens (including phenoxy) is 1. The molecule has 0 saturated heterocycles. The number of alkyl halides is 3. The van der Waals surface area contributed by atoms with E-state index in [0.717, 1.165) is 12.3 Å². The second kappa shape index (κ2) is 4.02. The van der Waals surface area contributed by atoms with Crippen LogP contribution in [-0.4, -0.2) is 11.3 Å². The summed E-state index contributed by atoms with van der Waals surface area (Å²) in [5.74, 6) is -0.428. The highest BCUT2D eigenvalue weighted by Crippen LogP contribution is 2.24. The van der Waals surface area contributed by atoms with Gasteiger partial charge in [0.1, 0.15) is 10.9 Å². The molecule has 7 heteroatoms. The van der Waals surface area contributed by atoms with E-state index in [1.807, 2.05) is 0 Å². The molecule has 0 aliphatic heterocycles. The van der Waals surface area contributed by atoms with Gasteiger partial charge in [0, 0.05) is 12.1 Å². The van der Waals surface area contributed by atoms with Crippen molar-refractivity contribution in [3.8, 4) is 5.75 Å². The Morgan fingerprint density at radius 3 is 2.64 bits per heavy atom. The second-order valence-corrected chi connectivity index (χ2v) is 2.73. The fourth-order valence-corrected chi connectivity index (χ4v) is 0.985. The van der Waals surface area contributed by atoms with Crippen LogP contribution >= 0.6 is 11.6 Å². The van der Waals surface area contributed by atoms with Crippen molar-refractivity contribution < 1.29 is 17.9 Å². The van der Waals surface area contributed by atoms with Crippen LogP contribution in [0.5, 0.6) is 5.75 Å². The molecule has 0 atom stereocenters. The number of hydrogen-bond donors (Lipinski definition) is 1. The van der Waals surface area contributed by atoms with E-state index >= 15 is 0 Å². The summed E-state index contributed by atoms with van der Waals surface area (Å²) in [6, 6.07) is 1.10. The zero-order chi connectivity index (χ0) is 10.8. The Labute approximate surface area is 82.6 Å². The molecule has 3 nitrogen and oxygen atoms in total. The standard InChI is InChI=1S/C7H6ClF3N2O/c8-6-4(2-12)1-5(3-13-6)14-7(9,10)11/h1,3H,2,12H2. The van der Waals surface area contributed by atoms with E-state index in [-0.39, 0.29) is 11.7 Å². The molecule has 1 aromatic heterocycles. The highest BCUT2D eigenvalue weighted by molar-refractivity contribution is 6.30. The van der Waals surface area contributed by atoms with E-state index < -0.39 is 12.1 Å². The summed E-state index contributed by atoms with van der Waals surface area (Å²) in [4.78, 5) is 3.49. The minimum Gasteiger partial charge on any atom is -0.404 e. The third-order valence-corrected chi connectivity index (χ3v) is 1.68. The van der Waals surface area contributed by atoms with Crippen molar-refractivity contribution in [2.24, 2.45) is 5.73 Å². The number of nitrogens with two attached hydrogens (primary N) is 1. The van der Waals surface area contributed by atoms with Crippen LogP contribution in [0.15, 0.2) is 12.3 Å². The van der Waals surface area contributed by atoms with Crippen LogP contribution in [0.2, 0.25) is 5.15 Å². The number of rotatable bonds is 2. The van der Waals surface area contributed by atoms with Crippen molar-refractivity contribution in [1.82, 2.24) is 4.98 Å². The van der Waals surface area contributed by atoms with E-state index in [2.05, 4.69) is 9.72 Å². The SMILES string of the molecule is NCc1cc(OC(F)(F)F)cnc1Cl. The van der Waals surface area contributed by atoms with Crippen LogP contribution in [0.1, 0.15) is 5.56 Å². The Kier molecular flexibility index (Phi) is 3.17. The molecule has 0 aliphatic rings. The smallest absolute Gasteiger partial charge is 0.404 e. The molecule has 2 N–H and O–H groups in total. The monoisotopic (exact) mass is 226 g/mol. The fourth-order valence-electron chi connectivity index (χ4n) is 0.804. The summed E-state index contributed by atoms with van der Waals surface area (Å²) in [5.41, 5.74) is 5.52. The predicted molar refractivity (Wildman–Crippen MR) is 43.8 cm³/mol. The van der Waals surface area contributed by atoms with E-state index in [0.29, 0.717) is 5.56 Å². The maximum atomic E-state index is 11.8. The van der Waals surface area contributed by atoms with E-state index in [4.69, 9.17) is 17.3 Å². The van der Waals surface area contributed by atoms with Crippen LogP contribution in [0.3, 0.4) is 0 Å². The van der Waals surface area contributed by atoms with Gasteiger partial charge in [-0.15, -0.1) is 13.2 Å². The van der Waals surface area contributed by atoms with E-state index in [9.17, 15) is 13.2 Å². The lowest BCUT2D eigenvalue weighted by molar-refractivity contribution is -0.274. The molecule has 0 bridgehead atoms. The van der Waals surface area contributed by atoms with Crippen molar-refractivity contribution in [2.75, 3.05) is 0 Å². The summed E-state index contributed by atoms with van der Waals surface area (Å²) < 4.78 is 38.9. The fraction of sp³-hybridized carbons (Fsp3) is 0.286. The van der Waals surface area contributed by atoms with Gasteiger partial charge in [0.25, 0.3) is 0 Å². The van der Waals surface area contributed by atoms with Gasteiger partial charge in [-0.25, -0.2) is 4.98 Å². The maximum Gasteiger partial charge on any atom is 0.573 e. The minimum atomic E-state index is -4.73. The zero-order valence-corrected chi connectivity index (χ0v) is 7.56. The predicted octanol–water partition coefficient (Wildman–Crippen LogP) is 2.09. The van der Waals surface area contributed by atoms with Crippen LogP contribution in [0, 0.1) is 0 Å². The molecule has 1 aromatic rings. The Hall–Kier alpha value is -1.01. The maximum absolute atomic E-state index is 11.8. The van der Waals surface area contributed by atoms with Gasteiger partial charge in [-0.3, -0.25) is 0 Å². The Morgan fingerprint density at radius 2 is 2.14 bits per heavy atom. The first-order valence-electron chi connectivity index (χ1n) is 3.52. The van der Waals surface area contributed by atoms with Gasteiger partial charge in [-0.1, -0.05) is 11.6 Å². The Balaban J connectivity index is 2.90. The first kappa shape index (κ1) is 11.1. The molecule has 0 fully saturated rings. The highest BCUT2D eigenvalue weighted by atomic mass is 35.5. The Morgan fingerprint density at radius 1 is 1.50 bits per heavy atom. The van der Waals surface area contributed by atoms with Gasteiger partial charge in [0.2, 0.25) is 0 Å². The second-order valence-electron chi connectivity index (χ2n) is 2.37. The molecule has 78 valence electrons. The molecule has 0 aliphatic carbocycles.